The number of nitrogens with one attached hydrogen (secondary N) is 1. The molecule has 1 aliphatic heterocycles. The summed E-state index contributed by atoms with van der Waals surface area (Å²) in [6.45, 7) is 0. The summed E-state index contributed by atoms with van der Waals surface area (Å²) in [6.07, 6.45) is 1.42. The average molecular weight is 363 g/mol. The van der Waals surface area contributed by atoms with Gasteiger partial charge in [-0.05, 0) is 54.2 Å². The first-order valence-corrected chi connectivity index (χ1v) is 8.14. The van der Waals surface area contributed by atoms with Gasteiger partial charge in [0.25, 0.3) is 5.91 Å². The fraction of sp³-hybridized carbons (Fsp3) is 0.0588. The van der Waals surface area contributed by atoms with Crippen molar-refractivity contribution in [2.75, 3.05) is 7.11 Å². The van der Waals surface area contributed by atoms with Gasteiger partial charge in [0, 0.05) is 5.56 Å². The highest BCUT2D eigenvalue weighted by Crippen LogP contribution is 2.31. The number of hydrogen-bond acceptors (Lipinski definition) is 4. The summed E-state index contributed by atoms with van der Waals surface area (Å²) in [5.74, 6) is -0.104. The van der Waals surface area contributed by atoms with Gasteiger partial charge in [0.2, 0.25) is 0 Å². The number of rotatable bonds is 3. The molecule has 1 amide bonds. The number of ether oxygens (including phenoxy) is 1. The largest absolute Gasteiger partial charge is 0.497 e. The molecular weight excluding hydrogens is 351 g/mol. The molecule has 0 saturated carbocycles. The molecule has 7 heteroatoms. The molecular formula is C17H12ClFN2O2S. The van der Waals surface area contributed by atoms with Crippen LogP contribution in [-0.4, -0.2) is 18.2 Å². The van der Waals surface area contributed by atoms with Crippen LogP contribution < -0.4 is 10.1 Å². The lowest BCUT2D eigenvalue weighted by molar-refractivity contribution is -0.115. The zero-order valence-electron chi connectivity index (χ0n) is 12.5. The minimum absolute atomic E-state index is 0.183. The van der Waals surface area contributed by atoms with Gasteiger partial charge in [-0.25, -0.2) is 9.38 Å². The summed E-state index contributed by atoms with van der Waals surface area (Å²) >= 11 is 7.11. The lowest BCUT2D eigenvalue weighted by Crippen LogP contribution is -2.19. The Morgan fingerprint density at radius 2 is 2.00 bits per heavy atom. The van der Waals surface area contributed by atoms with Crippen molar-refractivity contribution in [2.24, 2.45) is 4.99 Å². The van der Waals surface area contributed by atoms with Crippen LogP contribution in [0.15, 0.2) is 52.4 Å². The normalized spacial score (nSPS) is 17.4. The number of halogens is 2. The van der Waals surface area contributed by atoms with E-state index in [1.165, 1.54) is 18.2 Å². The van der Waals surface area contributed by atoms with Crippen molar-refractivity contribution in [3.8, 4) is 5.75 Å². The summed E-state index contributed by atoms with van der Waals surface area (Å²) in [7, 11) is 1.58. The molecule has 1 N–H and O–H groups in total. The third-order valence-electron chi connectivity index (χ3n) is 3.23. The Bertz CT molecular complexity index is 830. The van der Waals surface area contributed by atoms with Crippen LogP contribution in [0.2, 0.25) is 5.02 Å². The first-order chi connectivity index (χ1) is 11.6. The molecule has 0 aromatic heterocycles. The molecule has 1 fully saturated rings. The number of thioether (sulfide) groups is 1. The van der Waals surface area contributed by atoms with Crippen LogP contribution in [0.1, 0.15) is 5.56 Å². The van der Waals surface area contributed by atoms with E-state index in [-0.39, 0.29) is 16.5 Å². The lowest BCUT2D eigenvalue weighted by Gasteiger charge is -2.00. The van der Waals surface area contributed by atoms with Crippen LogP contribution in [0.25, 0.3) is 6.08 Å². The first kappa shape index (κ1) is 16.5. The maximum absolute atomic E-state index is 13.8. The van der Waals surface area contributed by atoms with Crippen LogP contribution in [-0.2, 0) is 4.79 Å². The molecule has 24 heavy (non-hydrogen) atoms. The number of carbonyl (C=O) groups is 1. The Balaban J connectivity index is 1.85. The van der Waals surface area contributed by atoms with Crippen molar-refractivity contribution in [3.05, 3.63) is 63.8 Å². The van der Waals surface area contributed by atoms with Crippen molar-refractivity contribution in [2.45, 2.75) is 0 Å². The van der Waals surface area contributed by atoms with E-state index in [1.54, 1.807) is 37.4 Å². The molecule has 122 valence electrons. The quantitative estimate of drug-likeness (QED) is 0.824. The van der Waals surface area contributed by atoms with Gasteiger partial charge in [-0.2, -0.15) is 0 Å². The lowest BCUT2D eigenvalue weighted by atomic mass is 10.2. The van der Waals surface area contributed by atoms with Crippen LogP contribution in [0.4, 0.5) is 10.1 Å². The van der Waals surface area contributed by atoms with Crippen molar-refractivity contribution in [3.63, 3.8) is 0 Å². The topological polar surface area (TPSA) is 50.7 Å². The van der Waals surface area contributed by atoms with Gasteiger partial charge in [0.05, 0.1) is 22.7 Å². The minimum atomic E-state index is -0.482. The van der Waals surface area contributed by atoms with E-state index in [2.05, 4.69) is 10.3 Å². The molecule has 0 radical (unpaired) electrons. The number of methoxy groups -OCH3 is 1. The maximum atomic E-state index is 13.8. The van der Waals surface area contributed by atoms with Gasteiger partial charge in [0.1, 0.15) is 11.6 Å². The Kier molecular flexibility index (Phi) is 4.87. The van der Waals surface area contributed by atoms with Gasteiger partial charge in [-0.15, -0.1) is 0 Å². The van der Waals surface area contributed by atoms with Gasteiger partial charge in [-0.1, -0.05) is 17.7 Å². The number of benzene rings is 2. The maximum Gasteiger partial charge on any atom is 0.264 e. The second-order valence-electron chi connectivity index (χ2n) is 4.82. The van der Waals surface area contributed by atoms with Gasteiger partial charge >= 0.3 is 0 Å². The number of aliphatic imine (C=N–C) groups is 1. The number of nitrogens with zero attached hydrogens (tertiary/aromatic N) is 1. The molecule has 0 unspecified atom stereocenters. The fourth-order valence-electron chi connectivity index (χ4n) is 2.03. The van der Waals surface area contributed by atoms with E-state index in [0.29, 0.717) is 15.8 Å². The van der Waals surface area contributed by atoms with E-state index in [4.69, 9.17) is 16.3 Å². The second kappa shape index (κ2) is 7.07. The van der Waals surface area contributed by atoms with E-state index in [1.807, 2.05) is 0 Å². The molecule has 0 bridgehead atoms. The summed E-state index contributed by atoms with van der Waals surface area (Å²) in [5.41, 5.74) is 0.853. The van der Waals surface area contributed by atoms with E-state index in [9.17, 15) is 9.18 Å². The van der Waals surface area contributed by atoms with Crippen LogP contribution in [0, 0.1) is 5.82 Å². The molecule has 0 aliphatic carbocycles. The third kappa shape index (κ3) is 3.60. The van der Waals surface area contributed by atoms with E-state index in [0.717, 1.165) is 17.5 Å². The highest BCUT2D eigenvalue weighted by atomic mass is 35.5. The number of amidine groups is 1. The van der Waals surface area contributed by atoms with Crippen molar-refractivity contribution < 1.29 is 13.9 Å². The second-order valence-corrected chi connectivity index (χ2v) is 6.25. The molecule has 3 rings (SSSR count). The standard InChI is InChI=1S/C17H12ClFN2O2S/c1-23-11-7-5-10(6-8-11)20-17-21-16(22)15(24-17)9-12-13(18)3-2-4-14(12)19/h2-9H,1H3,(H,20,21,22)/b15-9+. The minimum Gasteiger partial charge on any atom is -0.497 e. The highest BCUT2D eigenvalue weighted by Gasteiger charge is 2.24. The molecule has 2 aromatic rings. The zero-order chi connectivity index (χ0) is 17.1. The van der Waals surface area contributed by atoms with Crippen molar-refractivity contribution in [1.29, 1.82) is 0 Å². The van der Waals surface area contributed by atoms with Gasteiger partial charge in [-0.3, -0.25) is 4.79 Å². The first-order valence-electron chi connectivity index (χ1n) is 6.94. The molecule has 1 heterocycles. The summed E-state index contributed by atoms with van der Waals surface area (Å²) in [5, 5.41) is 3.32. The predicted octanol–water partition coefficient (Wildman–Crippen LogP) is 4.38. The summed E-state index contributed by atoms with van der Waals surface area (Å²) in [6, 6.07) is 11.5. The van der Waals surface area contributed by atoms with Crippen LogP contribution >= 0.6 is 23.4 Å². The van der Waals surface area contributed by atoms with Crippen LogP contribution in [0.5, 0.6) is 5.75 Å². The van der Waals surface area contributed by atoms with E-state index < -0.39 is 5.82 Å². The third-order valence-corrected chi connectivity index (χ3v) is 4.47. The Labute approximate surface area is 147 Å². The van der Waals surface area contributed by atoms with E-state index >= 15 is 0 Å². The van der Waals surface area contributed by atoms with Gasteiger partial charge < -0.3 is 10.1 Å². The molecule has 1 saturated heterocycles. The fourth-order valence-corrected chi connectivity index (χ4v) is 3.08. The highest BCUT2D eigenvalue weighted by molar-refractivity contribution is 8.18. The monoisotopic (exact) mass is 362 g/mol. The smallest absolute Gasteiger partial charge is 0.264 e. The molecule has 0 atom stereocenters. The molecule has 4 nitrogen and oxygen atoms in total. The Hall–Kier alpha value is -2.31. The number of amides is 1. The Morgan fingerprint density at radius 3 is 2.67 bits per heavy atom. The molecule has 0 spiro atoms. The SMILES string of the molecule is COc1ccc(N=C2NC(=O)/C(=C\c3c(F)cccc3Cl)S2)cc1. The number of carbonyl (C=O) groups excluding carboxylic acids is 1. The van der Waals surface area contributed by atoms with Crippen LogP contribution in [0.3, 0.4) is 0 Å². The molecule has 2 aromatic carbocycles. The zero-order valence-corrected chi connectivity index (χ0v) is 14.1. The van der Waals surface area contributed by atoms with Crippen molar-refractivity contribution >= 4 is 46.2 Å². The predicted molar refractivity (Wildman–Crippen MR) is 95.2 cm³/mol. The van der Waals surface area contributed by atoms with Crippen molar-refractivity contribution in [1.82, 2.24) is 5.32 Å². The average Bonchev–Trinajstić information content (AvgIpc) is 2.91. The summed E-state index contributed by atoms with van der Waals surface area (Å²) < 4.78 is 18.9. The molecule has 1 aliphatic rings. The Morgan fingerprint density at radius 1 is 1.25 bits per heavy atom. The number of hydrogen-bond donors (Lipinski definition) is 1. The van der Waals surface area contributed by atoms with Gasteiger partial charge in [0.15, 0.2) is 5.17 Å². The summed E-state index contributed by atoms with van der Waals surface area (Å²) in [4.78, 5) is 16.7.